The summed E-state index contributed by atoms with van der Waals surface area (Å²) >= 11 is 0. The predicted octanol–water partition coefficient (Wildman–Crippen LogP) is 2.79. The molecule has 0 saturated carbocycles. The maximum absolute atomic E-state index is 13.5. The molecule has 1 aliphatic heterocycles. The smallest absolute Gasteiger partial charge is 0.233 e. The number of benzene rings is 1. The molecule has 1 aromatic rings. The van der Waals surface area contributed by atoms with Gasteiger partial charge in [0.15, 0.2) is 0 Å². The molecule has 0 atom stereocenters. The summed E-state index contributed by atoms with van der Waals surface area (Å²) in [6, 6.07) is 9.78. The maximum Gasteiger partial charge on any atom is 0.233 e. The van der Waals surface area contributed by atoms with E-state index in [0.717, 1.165) is 11.1 Å². The minimum Gasteiger partial charge on any atom is -0.338 e. The number of carbonyl (C=O) groups is 1. The van der Waals surface area contributed by atoms with Gasteiger partial charge in [-0.2, -0.15) is 0 Å². The highest BCUT2D eigenvalue weighted by Crippen LogP contribution is 2.38. The molecular formula is C20H30N2O3S. The molecule has 0 unspecified atom stereocenters. The summed E-state index contributed by atoms with van der Waals surface area (Å²) in [6.07, 6.45) is 1.00. The first-order chi connectivity index (χ1) is 12.3. The lowest BCUT2D eigenvalue weighted by molar-refractivity contribution is -0.138. The molecule has 1 amide bonds. The van der Waals surface area contributed by atoms with Gasteiger partial charge in [0.25, 0.3) is 0 Å². The zero-order valence-corrected chi connectivity index (χ0v) is 16.9. The number of hydrogen-bond donors (Lipinski definition) is 0. The van der Waals surface area contributed by atoms with Crippen molar-refractivity contribution >= 4 is 15.9 Å². The lowest BCUT2D eigenvalue weighted by Gasteiger charge is -2.43. The van der Waals surface area contributed by atoms with Crippen molar-refractivity contribution in [3.05, 3.63) is 48.0 Å². The molecule has 0 aromatic heterocycles. The van der Waals surface area contributed by atoms with Crippen LogP contribution in [0.3, 0.4) is 0 Å². The van der Waals surface area contributed by atoms with Crippen LogP contribution in [0.4, 0.5) is 0 Å². The minimum atomic E-state index is -3.23. The van der Waals surface area contributed by atoms with Crippen LogP contribution in [0.1, 0.15) is 39.2 Å². The average molecular weight is 379 g/mol. The van der Waals surface area contributed by atoms with Gasteiger partial charge in [0.05, 0.1) is 11.2 Å². The van der Waals surface area contributed by atoms with Crippen LogP contribution in [-0.4, -0.2) is 55.5 Å². The van der Waals surface area contributed by atoms with Crippen molar-refractivity contribution in [2.75, 3.05) is 31.9 Å². The Kier molecular flexibility index (Phi) is 6.64. The van der Waals surface area contributed by atoms with E-state index in [9.17, 15) is 13.2 Å². The zero-order chi connectivity index (χ0) is 19.4. The van der Waals surface area contributed by atoms with Crippen LogP contribution in [0.15, 0.2) is 42.5 Å². The summed E-state index contributed by atoms with van der Waals surface area (Å²) in [7, 11) is -3.23. The van der Waals surface area contributed by atoms with E-state index in [-0.39, 0.29) is 11.7 Å². The fourth-order valence-corrected chi connectivity index (χ4v) is 4.77. The van der Waals surface area contributed by atoms with E-state index in [1.165, 1.54) is 4.31 Å². The fraction of sp³-hybridized carbons (Fsp3) is 0.550. The van der Waals surface area contributed by atoms with Crippen molar-refractivity contribution in [2.45, 2.75) is 39.0 Å². The normalized spacial score (nSPS) is 17.7. The van der Waals surface area contributed by atoms with Crippen LogP contribution >= 0.6 is 0 Å². The quantitative estimate of drug-likeness (QED) is 0.686. The summed E-state index contributed by atoms with van der Waals surface area (Å²) in [5.74, 6) is 0.165. The first-order valence-corrected chi connectivity index (χ1v) is 10.8. The molecule has 0 radical (unpaired) electrons. The van der Waals surface area contributed by atoms with E-state index in [4.69, 9.17) is 0 Å². The monoisotopic (exact) mass is 378 g/mol. The number of piperidine rings is 1. The number of sulfonamides is 1. The van der Waals surface area contributed by atoms with Crippen LogP contribution in [0.2, 0.25) is 0 Å². The Labute approximate surface area is 157 Å². The largest absolute Gasteiger partial charge is 0.338 e. The van der Waals surface area contributed by atoms with Gasteiger partial charge in [-0.3, -0.25) is 4.79 Å². The third-order valence-electron chi connectivity index (χ3n) is 5.20. The van der Waals surface area contributed by atoms with Gasteiger partial charge in [-0.25, -0.2) is 12.7 Å². The van der Waals surface area contributed by atoms with E-state index in [1.807, 2.05) is 49.1 Å². The minimum absolute atomic E-state index is 0.0720. The summed E-state index contributed by atoms with van der Waals surface area (Å²) < 4.78 is 26.0. The van der Waals surface area contributed by atoms with Crippen molar-refractivity contribution < 1.29 is 13.2 Å². The molecule has 1 heterocycles. The first-order valence-electron chi connectivity index (χ1n) is 9.24. The Morgan fingerprint density at radius 2 is 1.77 bits per heavy atom. The van der Waals surface area contributed by atoms with E-state index in [0.29, 0.717) is 39.0 Å². The Morgan fingerprint density at radius 3 is 2.23 bits per heavy atom. The summed E-state index contributed by atoms with van der Waals surface area (Å²) in [5.41, 5.74) is 1.24. The SMILES string of the molecule is C=C(C)CN(CC)C(=O)C1(c2ccccc2)CCN(S(=O)(=O)CC)CC1. The molecule has 1 aliphatic rings. The van der Waals surface area contributed by atoms with Gasteiger partial charge >= 0.3 is 0 Å². The standard InChI is InChI=1S/C20H30N2O3S/c1-5-21(16-17(3)4)19(23)20(18-10-8-7-9-11-18)12-14-22(15-13-20)26(24,25)6-2/h7-11H,3,5-6,12-16H2,1-2,4H3. The molecule has 0 N–H and O–H groups in total. The summed E-state index contributed by atoms with van der Waals surface area (Å²) in [4.78, 5) is 15.4. The second kappa shape index (κ2) is 8.35. The summed E-state index contributed by atoms with van der Waals surface area (Å²) in [5, 5.41) is 0. The van der Waals surface area contributed by atoms with Crippen LogP contribution in [-0.2, 0) is 20.2 Å². The highest BCUT2D eigenvalue weighted by Gasteiger charge is 2.46. The Hall–Kier alpha value is -1.66. The molecule has 0 aliphatic carbocycles. The molecule has 6 heteroatoms. The molecule has 0 spiro atoms. The number of hydrogen-bond acceptors (Lipinski definition) is 3. The van der Waals surface area contributed by atoms with Crippen LogP contribution in [0.25, 0.3) is 0 Å². The third kappa shape index (κ3) is 4.18. The van der Waals surface area contributed by atoms with Gasteiger partial charge in [0.2, 0.25) is 15.9 Å². The molecule has 1 aromatic carbocycles. The number of nitrogens with zero attached hydrogens (tertiary/aromatic N) is 2. The number of amides is 1. The molecule has 5 nitrogen and oxygen atoms in total. The summed E-state index contributed by atoms with van der Waals surface area (Å²) in [6.45, 7) is 11.4. The molecule has 0 bridgehead atoms. The molecule has 26 heavy (non-hydrogen) atoms. The predicted molar refractivity (Wildman–Crippen MR) is 105 cm³/mol. The second-order valence-electron chi connectivity index (χ2n) is 7.02. The van der Waals surface area contributed by atoms with Gasteiger partial charge in [0.1, 0.15) is 0 Å². The number of carbonyl (C=O) groups excluding carboxylic acids is 1. The lowest BCUT2D eigenvalue weighted by atomic mass is 9.72. The molecule has 1 saturated heterocycles. The molecule has 2 rings (SSSR count). The third-order valence-corrected chi connectivity index (χ3v) is 7.08. The van der Waals surface area contributed by atoms with E-state index in [2.05, 4.69) is 6.58 Å². The molecular weight excluding hydrogens is 348 g/mol. The molecule has 144 valence electrons. The fourth-order valence-electron chi connectivity index (χ4n) is 3.67. The highest BCUT2D eigenvalue weighted by molar-refractivity contribution is 7.89. The zero-order valence-electron chi connectivity index (χ0n) is 16.1. The van der Waals surface area contributed by atoms with Crippen LogP contribution in [0.5, 0.6) is 0 Å². The second-order valence-corrected chi connectivity index (χ2v) is 9.28. The van der Waals surface area contributed by atoms with E-state index < -0.39 is 15.4 Å². The number of likely N-dealkylation sites (N-methyl/N-ethyl adjacent to an activating group) is 1. The van der Waals surface area contributed by atoms with Crippen molar-refractivity contribution in [2.24, 2.45) is 0 Å². The van der Waals surface area contributed by atoms with E-state index in [1.54, 1.807) is 6.92 Å². The van der Waals surface area contributed by atoms with Crippen molar-refractivity contribution in [3.8, 4) is 0 Å². The lowest BCUT2D eigenvalue weighted by Crippen LogP contribution is -2.54. The highest BCUT2D eigenvalue weighted by atomic mass is 32.2. The van der Waals surface area contributed by atoms with Gasteiger partial charge in [-0.05, 0) is 39.2 Å². The topological polar surface area (TPSA) is 57.7 Å². The van der Waals surface area contributed by atoms with Crippen LogP contribution in [0, 0.1) is 0 Å². The van der Waals surface area contributed by atoms with Crippen LogP contribution < -0.4 is 0 Å². The van der Waals surface area contributed by atoms with Gasteiger partial charge in [-0.15, -0.1) is 0 Å². The van der Waals surface area contributed by atoms with Gasteiger partial charge in [0, 0.05) is 26.2 Å². The van der Waals surface area contributed by atoms with Gasteiger partial charge < -0.3 is 4.90 Å². The number of rotatable bonds is 7. The van der Waals surface area contributed by atoms with Crippen molar-refractivity contribution in [1.29, 1.82) is 0 Å². The van der Waals surface area contributed by atoms with Crippen molar-refractivity contribution in [1.82, 2.24) is 9.21 Å². The Bertz CT molecular complexity index is 736. The maximum atomic E-state index is 13.5. The van der Waals surface area contributed by atoms with Gasteiger partial charge in [-0.1, -0.05) is 42.5 Å². The Morgan fingerprint density at radius 1 is 1.19 bits per heavy atom. The average Bonchev–Trinajstić information content (AvgIpc) is 2.66. The van der Waals surface area contributed by atoms with E-state index >= 15 is 0 Å². The van der Waals surface area contributed by atoms with Crippen molar-refractivity contribution in [3.63, 3.8) is 0 Å². The molecule has 1 fully saturated rings. The Balaban J connectivity index is 2.37. The first kappa shape index (κ1) is 20.6.